The Morgan fingerprint density at radius 1 is 1.10 bits per heavy atom. The first kappa shape index (κ1) is 20.8. The highest BCUT2D eigenvalue weighted by atomic mass is 16.2. The van der Waals surface area contributed by atoms with E-state index in [0.717, 1.165) is 36.6 Å². The SMILES string of the molecule is C[C@H](NC(=O)C(=O)Nc1cc(C(C)(C)C)nn1-c1ccccc1)c1nnc2n1CCC2. The maximum atomic E-state index is 12.7. The largest absolute Gasteiger partial charge is 0.338 e. The number of amides is 2. The lowest BCUT2D eigenvalue weighted by molar-refractivity contribution is -0.136. The zero-order chi connectivity index (χ0) is 22.2. The Morgan fingerprint density at radius 3 is 2.55 bits per heavy atom. The topological polar surface area (TPSA) is 107 Å². The number of hydrogen-bond acceptors (Lipinski definition) is 5. The number of anilines is 1. The molecule has 3 heterocycles. The lowest BCUT2D eigenvalue weighted by Gasteiger charge is -2.14. The van der Waals surface area contributed by atoms with Gasteiger partial charge in [-0.15, -0.1) is 10.2 Å². The van der Waals surface area contributed by atoms with Crippen molar-refractivity contribution in [2.45, 2.75) is 58.5 Å². The van der Waals surface area contributed by atoms with Crippen LogP contribution in [0, 0.1) is 0 Å². The molecule has 2 N–H and O–H groups in total. The third-order valence-corrected chi connectivity index (χ3v) is 5.30. The average molecular weight is 422 g/mol. The molecule has 1 aliphatic heterocycles. The number of aryl methyl sites for hydroxylation is 1. The second kappa shape index (κ2) is 7.98. The zero-order valence-corrected chi connectivity index (χ0v) is 18.2. The van der Waals surface area contributed by atoms with Crippen LogP contribution in [-0.2, 0) is 28.0 Å². The van der Waals surface area contributed by atoms with Crippen LogP contribution in [-0.4, -0.2) is 36.4 Å². The molecular weight excluding hydrogens is 394 g/mol. The minimum absolute atomic E-state index is 0.218. The number of aromatic nitrogens is 5. The molecular formula is C22H27N7O2. The van der Waals surface area contributed by atoms with E-state index in [1.165, 1.54) is 0 Å². The standard InChI is InChI=1S/C22H27N7O2/c1-14(19-26-25-17-11-8-12-28(17)19)23-20(30)21(31)24-18-13-16(22(2,3)4)27-29(18)15-9-6-5-7-10-15/h5-7,9-10,13-14H,8,11-12H2,1-4H3,(H,23,30)(H,24,31)/t14-/m0/s1. The first-order valence-electron chi connectivity index (χ1n) is 10.4. The lowest BCUT2D eigenvalue weighted by atomic mass is 9.92. The van der Waals surface area contributed by atoms with Gasteiger partial charge in [0, 0.05) is 24.4 Å². The smallest absolute Gasteiger partial charge is 0.314 e. The molecule has 4 rings (SSSR count). The molecule has 0 radical (unpaired) electrons. The van der Waals surface area contributed by atoms with Crippen molar-refractivity contribution < 1.29 is 9.59 Å². The minimum Gasteiger partial charge on any atom is -0.338 e. The molecule has 2 amide bonds. The highest BCUT2D eigenvalue weighted by Crippen LogP contribution is 2.26. The maximum Gasteiger partial charge on any atom is 0.314 e. The van der Waals surface area contributed by atoms with Crippen LogP contribution in [0.1, 0.15) is 57.5 Å². The number of rotatable bonds is 4. The molecule has 0 unspecified atom stereocenters. The number of nitrogens with one attached hydrogen (secondary N) is 2. The van der Waals surface area contributed by atoms with Gasteiger partial charge in [-0.1, -0.05) is 39.0 Å². The molecule has 0 bridgehead atoms. The predicted octanol–water partition coefficient (Wildman–Crippen LogP) is 2.52. The van der Waals surface area contributed by atoms with Crippen LogP contribution < -0.4 is 10.6 Å². The Labute approximate surface area is 180 Å². The van der Waals surface area contributed by atoms with E-state index < -0.39 is 17.9 Å². The summed E-state index contributed by atoms with van der Waals surface area (Å²) in [5.74, 6) is 0.527. The molecule has 2 aromatic heterocycles. The predicted molar refractivity (Wildman–Crippen MR) is 116 cm³/mol. The van der Waals surface area contributed by atoms with Crippen LogP contribution in [0.4, 0.5) is 5.82 Å². The Bertz CT molecular complexity index is 1110. The fourth-order valence-electron chi connectivity index (χ4n) is 3.60. The van der Waals surface area contributed by atoms with Gasteiger partial charge in [0.1, 0.15) is 11.6 Å². The van der Waals surface area contributed by atoms with Crippen molar-refractivity contribution in [1.82, 2.24) is 29.9 Å². The van der Waals surface area contributed by atoms with E-state index >= 15 is 0 Å². The number of fused-ring (bicyclic) bond motifs is 1. The van der Waals surface area contributed by atoms with Crippen molar-refractivity contribution in [3.05, 3.63) is 53.7 Å². The van der Waals surface area contributed by atoms with Gasteiger partial charge in [-0.25, -0.2) is 4.68 Å². The van der Waals surface area contributed by atoms with E-state index in [1.807, 2.05) is 55.7 Å². The fraction of sp³-hybridized carbons (Fsp3) is 0.409. The molecule has 0 spiro atoms. The van der Waals surface area contributed by atoms with Crippen LogP contribution >= 0.6 is 0 Å². The van der Waals surface area contributed by atoms with E-state index in [0.29, 0.717) is 11.6 Å². The Hall–Kier alpha value is -3.49. The first-order valence-corrected chi connectivity index (χ1v) is 10.4. The molecule has 1 aromatic carbocycles. The maximum absolute atomic E-state index is 12.7. The second-order valence-corrected chi connectivity index (χ2v) is 8.79. The molecule has 3 aromatic rings. The fourth-order valence-corrected chi connectivity index (χ4v) is 3.60. The van der Waals surface area contributed by atoms with Gasteiger partial charge in [-0.05, 0) is 25.5 Å². The summed E-state index contributed by atoms with van der Waals surface area (Å²) < 4.78 is 3.64. The molecule has 1 aliphatic rings. The molecule has 9 nitrogen and oxygen atoms in total. The van der Waals surface area contributed by atoms with Crippen LogP contribution in [0.5, 0.6) is 0 Å². The quantitative estimate of drug-likeness (QED) is 0.630. The first-order chi connectivity index (χ1) is 14.7. The zero-order valence-electron chi connectivity index (χ0n) is 18.2. The van der Waals surface area contributed by atoms with E-state index in [-0.39, 0.29) is 5.41 Å². The van der Waals surface area contributed by atoms with Crippen molar-refractivity contribution in [2.24, 2.45) is 0 Å². The minimum atomic E-state index is -0.759. The molecule has 0 saturated carbocycles. The number of carbonyl (C=O) groups excluding carboxylic acids is 2. The number of carbonyl (C=O) groups is 2. The van der Waals surface area contributed by atoms with Crippen LogP contribution in [0.25, 0.3) is 5.69 Å². The van der Waals surface area contributed by atoms with E-state index in [9.17, 15) is 9.59 Å². The van der Waals surface area contributed by atoms with Gasteiger partial charge in [-0.2, -0.15) is 5.10 Å². The van der Waals surface area contributed by atoms with Gasteiger partial charge in [0.05, 0.1) is 17.4 Å². The lowest BCUT2D eigenvalue weighted by Crippen LogP contribution is -2.38. The normalized spacial score (nSPS) is 14.2. The Balaban J connectivity index is 1.52. The molecule has 9 heteroatoms. The summed E-state index contributed by atoms with van der Waals surface area (Å²) in [6, 6.07) is 10.8. The van der Waals surface area contributed by atoms with Crippen molar-refractivity contribution in [3.63, 3.8) is 0 Å². The van der Waals surface area contributed by atoms with E-state index in [1.54, 1.807) is 17.7 Å². The summed E-state index contributed by atoms with van der Waals surface area (Å²) in [5, 5.41) is 18.4. The molecule has 162 valence electrons. The van der Waals surface area contributed by atoms with Gasteiger partial charge in [-0.3, -0.25) is 9.59 Å². The number of nitrogens with zero attached hydrogens (tertiary/aromatic N) is 5. The van der Waals surface area contributed by atoms with E-state index in [2.05, 4.69) is 25.9 Å². The van der Waals surface area contributed by atoms with Gasteiger partial charge >= 0.3 is 11.8 Å². The van der Waals surface area contributed by atoms with Crippen molar-refractivity contribution in [2.75, 3.05) is 5.32 Å². The highest BCUT2D eigenvalue weighted by molar-refractivity contribution is 6.39. The summed E-state index contributed by atoms with van der Waals surface area (Å²) in [4.78, 5) is 25.3. The van der Waals surface area contributed by atoms with Crippen LogP contribution in [0.15, 0.2) is 36.4 Å². The molecule has 1 atom stereocenters. The van der Waals surface area contributed by atoms with Crippen LogP contribution in [0.2, 0.25) is 0 Å². The van der Waals surface area contributed by atoms with Gasteiger partial charge in [0.25, 0.3) is 0 Å². The third kappa shape index (κ3) is 4.21. The molecule has 0 aliphatic carbocycles. The highest BCUT2D eigenvalue weighted by Gasteiger charge is 2.26. The summed E-state index contributed by atoms with van der Waals surface area (Å²) in [6.45, 7) is 8.76. The monoisotopic (exact) mass is 421 g/mol. The summed E-state index contributed by atoms with van der Waals surface area (Å²) >= 11 is 0. The van der Waals surface area contributed by atoms with Gasteiger partial charge in [0.2, 0.25) is 0 Å². The van der Waals surface area contributed by atoms with Crippen molar-refractivity contribution >= 4 is 17.6 Å². The van der Waals surface area contributed by atoms with Gasteiger partial charge < -0.3 is 15.2 Å². The van der Waals surface area contributed by atoms with Crippen LogP contribution in [0.3, 0.4) is 0 Å². The number of para-hydroxylation sites is 1. The average Bonchev–Trinajstić information content (AvgIpc) is 3.43. The Morgan fingerprint density at radius 2 is 1.84 bits per heavy atom. The number of benzene rings is 1. The van der Waals surface area contributed by atoms with E-state index in [4.69, 9.17) is 0 Å². The van der Waals surface area contributed by atoms with Crippen molar-refractivity contribution in [3.8, 4) is 5.69 Å². The van der Waals surface area contributed by atoms with Crippen molar-refractivity contribution in [1.29, 1.82) is 0 Å². The molecule has 31 heavy (non-hydrogen) atoms. The summed E-state index contributed by atoms with van der Waals surface area (Å²) in [7, 11) is 0. The van der Waals surface area contributed by atoms with Gasteiger partial charge in [0.15, 0.2) is 5.82 Å². The number of hydrogen-bond donors (Lipinski definition) is 2. The Kier molecular flexibility index (Phi) is 5.34. The summed E-state index contributed by atoms with van der Waals surface area (Å²) in [6.07, 6.45) is 1.90. The molecule has 0 fully saturated rings. The second-order valence-electron chi connectivity index (χ2n) is 8.79. The third-order valence-electron chi connectivity index (χ3n) is 5.30. The molecule has 0 saturated heterocycles. The summed E-state index contributed by atoms with van der Waals surface area (Å²) in [5.41, 5.74) is 1.38.